The predicted octanol–water partition coefficient (Wildman–Crippen LogP) is 3.46. The van der Waals surface area contributed by atoms with Gasteiger partial charge in [0.05, 0.1) is 16.3 Å². The van der Waals surface area contributed by atoms with Crippen LogP contribution in [0.1, 0.15) is 18.4 Å². The van der Waals surface area contributed by atoms with E-state index in [2.05, 4.69) is 21.3 Å². The summed E-state index contributed by atoms with van der Waals surface area (Å²) in [6.07, 6.45) is 3.10. The number of hydrogen-bond donors (Lipinski definition) is 1. The number of hydrogen-bond acceptors (Lipinski definition) is 4. The van der Waals surface area contributed by atoms with Gasteiger partial charge in [-0.05, 0) is 37.1 Å². The highest BCUT2D eigenvalue weighted by molar-refractivity contribution is 6.33. The standard InChI is InChI=1S/C18H17ClN4O/c19-15-3-1-2-4-16(15)22-18(24)14-7-9-23(10-8-14)17-6-5-13(11-20)12-21-17/h1-6,12,14H,7-10H2,(H,22,24). The molecule has 0 aliphatic carbocycles. The number of carbonyl (C=O) groups excluding carboxylic acids is 1. The largest absolute Gasteiger partial charge is 0.357 e. The van der Waals surface area contributed by atoms with Crippen LogP contribution in [0.4, 0.5) is 11.5 Å². The van der Waals surface area contributed by atoms with E-state index in [1.165, 1.54) is 0 Å². The van der Waals surface area contributed by atoms with Gasteiger partial charge in [0.15, 0.2) is 0 Å². The molecule has 0 radical (unpaired) electrons. The molecule has 24 heavy (non-hydrogen) atoms. The first-order valence-electron chi connectivity index (χ1n) is 7.84. The highest BCUT2D eigenvalue weighted by atomic mass is 35.5. The number of benzene rings is 1. The van der Waals surface area contributed by atoms with E-state index in [-0.39, 0.29) is 11.8 Å². The van der Waals surface area contributed by atoms with Crippen LogP contribution < -0.4 is 10.2 Å². The van der Waals surface area contributed by atoms with Crippen molar-refractivity contribution in [2.24, 2.45) is 5.92 Å². The van der Waals surface area contributed by atoms with Gasteiger partial charge in [-0.25, -0.2) is 4.98 Å². The molecule has 3 rings (SSSR count). The molecule has 1 aromatic heterocycles. The van der Waals surface area contributed by atoms with Gasteiger partial charge in [0.25, 0.3) is 0 Å². The first-order chi connectivity index (χ1) is 11.7. The normalized spacial score (nSPS) is 14.9. The molecular formula is C18H17ClN4O. The number of nitriles is 1. The third-order valence-electron chi connectivity index (χ3n) is 4.20. The molecule has 1 N–H and O–H groups in total. The highest BCUT2D eigenvalue weighted by Gasteiger charge is 2.26. The zero-order valence-corrected chi connectivity index (χ0v) is 13.8. The third kappa shape index (κ3) is 3.66. The molecular weight excluding hydrogens is 324 g/mol. The molecule has 122 valence electrons. The van der Waals surface area contributed by atoms with Gasteiger partial charge in [0, 0.05) is 25.2 Å². The second kappa shape index (κ2) is 7.33. The molecule has 5 nitrogen and oxygen atoms in total. The van der Waals surface area contributed by atoms with Crippen molar-refractivity contribution in [2.75, 3.05) is 23.3 Å². The molecule has 0 bridgehead atoms. The van der Waals surface area contributed by atoms with E-state index >= 15 is 0 Å². The minimum absolute atomic E-state index is 0.00976. The first-order valence-corrected chi connectivity index (χ1v) is 8.21. The predicted molar refractivity (Wildman–Crippen MR) is 94.0 cm³/mol. The van der Waals surface area contributed by atoms with Crippen molar-refractivity contribution in [3.05, 3.63) is 53.2 Å². The number of piperidine rings is 1. The summed E-state index contributed by atoms with van der Waals surface area (Å²) >= 11 is 6.08. The average molecular weight is 341 g/mol. The number of pyridine rings is 1. The average Bonchev–Trinajstić information content (AvgIpc) is 2.64. The topological polar surface area (TPSA) is 69.0 Å². The van der Waals surface area contributed by atoms with E-state index in [0.717, 1.165) is 31.7 Å². The summed E-state index contributed by atoms with van der Waals surface area (Å²) in [6.45, 7) is 1.53. The van der Waals surface area contributed by atoms with Gasteiger partial charge in [-0.2, -0.15) is 5.26 Å². The summed E-state index contributed by atoms with van der Waals surface area (Å²) in [5.41, 5.74) is 1.20. The summed E-state index contributed by atoms with van der Waals surface area (Å²) < 4.78 is 0. The Labute approximate surface area is 145 Å². The van der Waals surface area contributed by atoms with E-state index in [9.17, 15) is 4.79 Å². The maximum atomic E-state index is 12.4. The van der Waals surface area contributed by atoms with Gasteiger partial charge >= 0.3 is 0 Å². The summed E-state index contributed by atoms with van der Waals surface area (Å²) in [6, 6.07) is 12.9. The van der Waals surface area contributed by atoms with Crippen LogP contribution in [-0.4, -0.2) is 24.0 Å². The summed E-state index contributed by atoms with van der Waals surface area (Å²) in [5.74, 6) is 0.824. The SMILES string of the molecule is N#Cc1ccc(N2CCC(C(=O)Nc3ccccc3Cl)CC2)nc1. The summed E-state index contributed by atoms with van der Waals surface area (Å²) in [7, 11) is 0. The number of carbonyl (C=O) groups is 1. The van der Waals surface area contributed by atoms with E-state index < -0.39 is 0 Å². The highest BCUT2D eigenvalue weighted by Crippen LogP contribution is 2.25. The van der Waals surface area contributed by atoms with Crippen molar-refractivity contribution in [1.82, 2.24) is 4.98 Å². The van der Waals surface area contributed by atoms with Gasteiger partial charge in [0.2, 0.25) is 5.91 Å². The summed E-state index contributed by atoms with van der Waals surface area (Å²) in [5, 5.41) is 12.3. The molecule has 1 fully saturated rings. The third-order valence-corrected chi connectivity index (χ3v) is 4.53. The number of amides is 1. The molecule has 1 aliphatic rings. The molecule has 2 aromatic rings. The van der Waals surface area contributed by atoms with Crippen LogP contribution in [-0.2, 0) is 4.79 Å². The molecule has 0 saturated carbocycles. The monoisotopic (exact) mass is 340 g/mol. The lowest BCUT2D eigenvalue weighted by Crippen LogP contribution is -2.38. The lowest BCUT2D eigenvalue weighted by molar-refractivity contribution is -0.120. The van der Waals surface area contributed by atoms with E-state index in [1.54, 1.807) is 24.4 Å². The molecule has 0 spiro atoms. The van der Waals surface area contributed by atoms with Crippen molar-refractivity contribution >= 4 is 29.0 Å². The van der Waals surface area contributed by atoms with Gasteiger partial charge in [0.1, 0.15) is 11.9 Å². The molecule has 0 atom stereocenters. The fraction of sp³-hybridized carbons (Fsp3) is 0.278. The van der Waals surface area contributed by atoms with Crippen LogP contribution in [0.3, 0.4) is 0 Å². The Morgan fingerprint density at radius 3 is 2.62 bits per heavy atom. The molecule has 1 amide bonds. The van der Waals surface area contributed by atoms with Crippen LogP contribution in [0, 0.1) is 17.2 Å². The number of nitrogens with zero attached hydrogens (tertiary/aromatic N) is 3. The van der Waals surface area contributed by atoms with Crippen molar-refractivity contribution in [3.63, 3.8) is 0 Å². The Hall–Kier alpha value is -2.58. The van der Waals surface area contributed by atoms with Crippen LogP contribution in [0.5, 0.6) is 0 Å². The smallest absolute Gasteiger partial charge is 0.227 e. The van der Waals surface area contributed by atoms with Gasteiger partial charge < -0.3 is 10.2 Å². The number of para-hydroxylation sites is 1. The molecule has 1 aromatic carbocycles. The molecule has 1 aliphatic heterocycles. The van der Waals surface area contributed by atoms with E-state index in [1.807, 2.05) is 18.2 Å². The van der Waals surface area contributed by atoms with Crippen LogP contribution in [0.2, 0.25) is 5.02 Å². The number of anilines is 2. The van der Waals surface area contributed by atoms with Crippen LogP contribution in [0.25, 0.3) is 0 Å². The van der Waals surface area contributed by atoms with Crippen LogP contribution in [0.15, 0.2) is 42.6 Å². The fourth-order valence-electron chi connectivity index (χ4n) is 2.81. The van der Waals surface area contributed by atoms with Crippen LogP contribution >= 0.6 is 11.6 Å². The lowest BCUT2D eigenvalue weighted by Gasteiger charge is -2.32. The number of rotatable bonds is 3. The maximum Gasteiger partial charge on any atom is 0.227 e. The van der Waals surface area contributed by atoms with Crippen molar-refractivity contribution < 1.29 is 4.79 Å². The minimum Gasteiger partial charge on any atom is -0.357 e. The first kappa shape index (κ1) is 16.3. The Bertz CT molecular complexity index is 761. The van der Waals surface area contributed by atoms with E-state index in [0.29, 0.717) is 16.3 Å². The summed E-state index contributed by atoms with van der Waals surface area (Å²) in [4.78, 5) is 18.9. The number of nitrogens with one attached hydrogen (secondary N) is 1. The van der Waals surface area contributed by atoms with Crippen molar-refractivity contribution in [3.8, 4) is 6.07 Å². The fourth-order valence-corrected chi connectivity index (χ4v) is 2.99. The Balaban J connectivity index is 1.57. The molecule has 1 saturated heterocycles. The zero-order chi connectivity index (χ0) is 16.9. The Morgan fingerprint density at radius 1 is 1.25 bits per heavy atom. The Morgan fingerprint density at radius 2 is 2.00 bits per heavy atom. The quantitative estimate of drug-likeness (QED) is 0.929. The zero-order valence-electron chi connectivity index (χ0n) is 13.1. The molecule has 0 unspecified atom stereocenters. The van der Waals surface area contributed by atoms with Gasteiger partial charge in [-0.15, -0.1) is 0 Å². The number of aromatic nitrogens is 1. The Kier molecular flexibility index (Phi) is 4.97. The van der Waals surface area contributed by atoms with E-state index in [4.69, 9.17) is 16.9 Å². The van der Waals surface area contributed by atoms with Gasteiger partial charge in [-0.3, -0.25) is 4.79 Å². The lowest BCUT2D eigenvalue weighted by atomic mass is 9.95. The molecule has 6 heteroatoms. The molecule has 2 heterocycles. The maximum absolute atomic E-state index is 12.4. The van der Waals surface area contributed by atoms with Crippen molar-refractivity contribution in [1.29, 1.82) is 5.26 Å². The minimum atomic E-state index is -0.0316. The van der Waals surface area contributed by atoms with Crippen molar-refractivity contribution in [2.45, 2.75) is 12.8 Å². The number of halogens is 1. The second-order valence-corrected chi connectivity index (χ2v) is 6.15. The second-order valence-electron chi connectivity index (χ2n) is 5.75. The van der Waals surface area contributed by atoms with Gasteiger partial charge in [-0.1, -0.05) is 23.7 Å².